The predicted octanol–water partition coefficient (Wildman–Crippen LogP) is 5.14. The molecule has 172 valence electrons. The van der Waals surface area contributed by atoms with Crippen LogP contribution >= 0.6 is 22.9 Å². The van der Waals surface area contributed by atoms with Gasteiger partial charge in [-0.3, -0.25) is 9.59 Å². The second-order valence-corrected chi connectivity index (χ2v) is 10.9. The first kappa shape index (κ1) is 23.3. The molecule has 4 rings (SSSR count). The topological polar surface area (TPSA) is 61.4 Å². The van der Waals surface area contributed by atoms with Gasteiger partial charge in [0.15, 0.2) is 0 Å². The summed E-state index contributed by atoms with van der Waals surface area (Å²) in [6.07, 6.45) is 8.60. The molecule has 2 aliphatic rings. The zero-order valence-electron chi connectivity index (χ0n) is 18.7. The second kappa shape index (κ2) is 10.8. The standard InChI is InChI=1S/C25H32ClN3O2S/c1-29-13-11-18-7-8-20(16-19(18)12-14-29)27-24(30)21(15-17-5-3-2-4-6-17)28-25(31)22-9-10-23(26)32-22/h7-10,16-17,21H,2-6,11-15H2,1H3,(H,27,30)(H,28,31)/t21-/m1/s1. The average molecular weight is 474 g/mol. The minimum absolute atomic E-state index is 0.141. The van der Waals surface area contributed by atoms with Crippen molar-refractivity contribution in [1.82, 2.24) is 10.2 Å². The number of anilines is 1. The van der Waals surface area contributed by atoms with Crippen molar-refractivity contribution >= 4 is 40.4 Å². The SMILES string of the molecule is CN1CCc2ccc(NC(=O)[C@@H](CC3CCCCC3)NC(=O)c3ccc(Cl)s3)cc2CC1. The zero-order chi connectivity index (χ0) is 22.5. The molecule has 0 saturated heterocycles. The van der Waals surface area contributed by atoms with Crippen molar-refractivity contribution in [2.75, 3.05) is 25.5 Å². The fourth-order valence-electron chi connectivity index (χ4n) is 4.80. The molecule has 1 aromatic carbocycles. The molecule has 0 radical (unpaired) electrons. The summed E-state index contributed by atoms with van der Waals surface area (Å²) in [6.45, 7) is 2.08. The van der Waals surface area contributed by atoms with Crippen molar-refractivity contribution in [2.45, 2.75) is 57.4 Å². The molecular formula is C25H32ClN3O2S. The number of nitrogens with zero attached hydrogens (tertiary/aromatic N) is 1. The molecule has 5 nitrogen and oxygen atoms in total. The molecule has 2 N–H and O–H groups in total. The molecule has 0 unspecified atom stereocenters. The molecule has 32 heavy (non-hydrogen) atoms. The maximum atomic E-state index is 13.3. The molecular weight excluding hydrogens is 442 g/mol. The van der Waals surface area contributed by atoms with E-state index >= 15 is 0 Å². The Labute approximate surface area is 199 Å². The van der Waals surface area contributed by atoms with Crippen LogP contribution in [0.15, 0.2) is 30.3 Å². The first-order valence-corrected chi connectivity index (χ1v) is 12.8. The molecule has 2 heterocycles. The summed E-state index contributed by atoms with van der Waals surface area (Å²) < 4.78 is 0.569. The quantitative estimate of drug-likeness (QED) is 0.610. The number of likely N-dealkylation sites (N-methyl/N-ethyl adjacent to an activating group) is 1. The summed E-state index contributed by atoms with van der Waals surface area (Å²) in [7, 11) is 2.15. The molecule has 1 aliphatic carbocycles. The predicted molar refractivity (Wildman–Crippen MR) is 132 cm³/mol. The van der Waals surface area contributed by atoms with Gasteiger partial charge < -0.3 is 15.5 Å². The third kappa shape index (κ3) is 6.12. The van der Waals surface area contributed by atoms with Gasteiger partial charge in [-0.25, -0.2) is 0 Å². The fourth-order valence-corrected chi connectivity index (χ4v) is 5.74. The van der Waals surface area contributed by atoms with Crippen molar-refractivity contribution in [1.29, 1.82) is 0 Å². The maximum Gasteiger partial charge on any atom is 0.262 e. The normalized spacial score (nSPS) is 18.4. The van der Waals surface area contributed by atoms with Crippen LogP contribution in [0.3, 0.4) is 0 Å². The minimum Gasteiger partial charge on any atom is -0.340 e. The van der Waals surface area contributed by atoms with Crippen LogP contribution in [0.4, 0.5) is 5.69 Å². The number of thiophene rings is 1. The van der Waals surface area contributed by atoms with Crippen LogP contribution in [-0.4, -0.2) is 42.9 Å². The monoisotopic (exact) mass is 473 g/mol. The Morgan fingerprint density at radius 3 is 2.56 bits per heavy atom. The summed E-state index contributed by atoms with van der Waals surface area (Å²) in [4.78, 5) is 28.9. The zero-order valence-corrected chi connectivity index (χ0v) is 20.2. The first-order chi connectivity index (χ1) is 15.5. The van der Waals surface area contributed by atoms with E-state index < -0.39 is 6.04 Å². The van der Waals surface area contributed by atoms with Crippen LogP contribution in [-0.2, 0) is 17.6 Å². The van der Waals surface area contributed by atoms with E-state index in [1.807, 2.05) is 6.07 Å². The van der Waals surface area contributed by atoms with E-state index in [1.54, 1.807) is 12.1 Å². The van der Waals surface area contributed by atoms with E-state index in [2.05, 4.69) is 34.7 Å². The number of fused-ring (bicyclic) bond motifs is 1. The Morgan fingerprint density at radius 1 is 1.09 bits per heavy atom. The molecule has 1 fully saturated rings. The summed E-state index contributed by atoms with van der Waals surface area (Å²) >= 11 is 7.24. The average Bonchev–Trinajstić information content (AvgIpc) is 3.14. The molecule has 0 spiro atoms. The van der Waals surface area contributed by atoms with E-state index in [1.165, 1.54) is 41.7 Å². The fraction of sp³-hybridized carbons (Fsp3) is 0.520. The van der Waals surface area contributed by atoms with Crippen molar-refractivity contribution in [3.63, 3.8) is 0 Å². The Hall–Kier alpha value is -1.89. The van der Waals surface area contributed by atoms with Gasteiger partial charge in [-0.2, -0.15) is 0 Å². The highest BCUT2D eigenvalue weighted by molar-refractivity contribution is 7.18. The Balaban J connectivity index is 1.47. The number of nitrogens with one attached hydrogen (secondary N) is 2. The third-order valence-electron chi connectivity index (χ3n) is 6.71. The van der Waals surface area contributed by atoms with Gasteiger partial charge >= 0.3 is 0 Å². The highest BCUT2D eigenvalue weighted by Crippen LogP contribution is 2.28. The first-order valence-electron chi connectivity index (χ1n) is 11.7. The highest BCUT2D eigenvalue weighted by Gasteiger charge is 2.27. The van der Waals surface area contributed by atoms with Gasteiger partial charge in [-0.1, -0.05) is 49.8 Å². The number of benzene rings is 1. The number of rotatable bonds is 6. The van der Waals surface area contributed by atoms with Crippen molar-refractivity contribution in [3.05, 3.63) is 50.7 Å². The lowest BCUT2D eigenvalue weighted by Gasteiger charge is -2.26. The van der Waals surface area contributed by atoms with Crippen LogP contribution in [0, 0.1) is 5.92 Å². The van der Waals surface area contributed by atoms with E-state index in [0.29, 0.717) is 21.6 Å². The van der Waals surface area contributed by atoms with Gasteiger partial charge in [-0.05, 0) is 67.6 Å². The third-order valence-corrected chi connectivity index (χ3v) is 7.94. The van der Waals surface area contributed by atoms with Gasteiger partial charge in [0.05, 0.1) is 9.21 Å². The Bertz CT molecular complexity index is 954. The summed E-state index contributed by atoms with van der Waals surface area (Å²) in [6, 6.07) is 9.08. The molecule has 2 aromatic rings. The van der Waals surface area contributed by atoms with Crippen LogP contribution in [0.25, 0.3) is 0 Å². The van der Waals surface area contributed by atoms with Crippen LogP contribution in [0.2, 0.25) is 4.34 Å². The molecule has 1 atom stereocenters. The Kier molecular flexibility index (Phi) is 7.87. The largest absolute Gasteiger partial charge is 0.340 e. The van der Waals surface area contributed by atoms with Gasteiger partial charge in [0.1, 0.15) is 6.04 Å². The molecule has 7 heteroatoms. The van der Waals surface area contributed by atoms with Crippen LogP contribution < -0.4 is 10.6 Å². The summed E-state index contributed by atoms with van der Waals surface area (Å²) in [5.74, 6) is 0.0920. The number of hydrogen-bond acceptors (Lipinski definition) is 4. The van der Waals surface area contributed by atoms with Crippen molar-refractivity contribution in [2.24, 2.45) is 5.92 Å². The van der Waals surface area contributed by atoms with Crippen molar-refractivity contribution < 1.29 is 9.59 Å². The lowest BCUT2D eigenvalue weighted by molar-refractivity contribution is -0.118. The molecule has 0 bridgehead atoms. The number of carbonyl (C=O) groups is 2. The molecule has 2 amide bonds. The van der Waals surface area contributed by atoms with Gasteiger partial charge in [0.25, 0.3) is 5.91 Å². The number of halogens is 1. The van der Waals surface area contributed by atoms with Crippen LogP contribution in [0.5, 0.6) is 0 Å². The summed E-state index contributed by atoms with van der Waals surface area (Å²) in [5.41, 5.74) is 3.46. The second-order valence-electron chi connectivity index (χ2n) is 9.15. The van der Waals surface area contributed by atoms with Gasteiger partial charge in [0, 0.05) is 18.8 Å². The van der Waals surface area contributed by atoms with E-state index in [9.17, 15) is 9.59 Å². The molecule has 1 aromatic heterocycles. The van der Waals surface area contributed by atoms with E-state index in [-0.39, 0.29) is 11.8 Å². The molecule has 1 saturated carbocycles. The number of carbonyl (C=O) groups excluding carboxylic acids is 2. The lowest BCUT2D eigenvalue weighted by atomic mass is 9.84. The number of amides is 2. The number of hydrogen-bond donors (Lipinski definition) is 2. The maximum absolute atomic E-state index is 13.3. The Morgan fingerprint density at radius 2 is 1.84 bits per heavy atom. The smallest absolute Gasteiger partial charge is 0.262 e. The van der Waals surface area contributed by atoms with E-state index in [0.717, 1.165) is 44.5 Å². The van der Waals surface area contributed by atoms with Crippen molar-refractivity contribution in [3.8, 4) is 0 Å². The summed E-state index contributed by atoms with van der Waals surface area (Å²) in [5, 5.41) is 6.07. The van der Waals surface area contributed by atoms with Gasteiger partial charge in [-0.15, -0.1) is 11.3 Å². The molecule has 1 aliphatic heterocycles. The highest BCUT2D eigenvalue weighted by atomic mass is 35.5. The van der Waals surface area contributed by atoms with E-state index in [4.69, 9.17) is 11.6 Å². The minimum atomic E-state index is -0.559. The lowest BCUT2D eigenvalue weighted by Crippen LogP contribution is -2.45. The van der Waals surface area contributed by atoms with Gasteiger partial charge in [0.2, 0.25) is 5.91 Å². The van der Waals surface area contributed by atoms with Crippen LogP contribution in [0.1, 0.15) is 59.3 Å².